The molecule has 0 aliphatic heterocycles. The second-order valence-electron chi connectivity index (χ2n) is 7.35. The smallest absolute Gasteiger partial charge is 0.550 e. The fourth-order valence-corrected chi connectivity index (χ4v) is 5.70. The van der Waals surface area contributed by atoms with Crippen molar-refractivity contribution < 1.29 is 18.3 Å². The van der Waals surface area contributed by atoms with Crippen LogP contribution in [0.15, 0.2) is 47.4 Å². The van der Waals surface area contributed by atoms with Crippen molar-refractivity contribution in [2.45, 2.75) is 55.9 Å². The van der Waals surface area contributed by atoms with E-state index in [1.807, 2.05) is 6.08 Å². The van der Waals surface area contributed by atoms with Gasteiger partial charge in [-0.2, -0.15) is 0 Å². The third kappa shape index (κ3) is 6.04. The van der Waals surface area contributed by atoms with E-state index in [0.29, 0.717) is 24.7 Å². The fraction of sp³-hybridized carbons (Fsp3) is 0.550. The maximum Gasteiger partial charge on any atom is 2.00 e. The van der Waals surface area contributed by atoms with E-state index in [2.05, 4.69) is 10.8 Å². The molecule has 2 bridgehead atoms. The Morgan fingerprint density at radius 2 is 1.85 bits per heavy atom. The number of hydrogen-bond acceptors (Lipinski definition) is 4. The van der Waals surface area contributed by atoms with Crippen LogP contribution in [-0.4, -0.2) is 58.2 Å². The third-order valence-electron chi connectivity index (χ3n) is 5.67. The van der Waals surface area contributed by atoms with Crippen molar-refractivity contribution >= 4 is 53.7 Å². The Hall–Kier alpha value is -0.400. The second-order valence-corrected chi connectivity index (χ2v) is 8.98. The first-order chi connectivity index (χ1) is 12.5. The molecule has 0 radical (unpaired) electrons. The number of hydrogen-bond donors (Lipinski definition) is 0. The first kappa shape index (κ1) is 22.9. The topological polar surface area (TPSA) is 88.4 Å². The molecule has 3 rings (SSSR count). The molecule has 2 saturated carbocycles. The van der Waals surface area contributed by atoms with Crippen LogP contribution >= 0.6 is 0 Å². The van der Waals surface area contributed by atoms with Crippen molar-refractivity contribution in [1.29, 1.82) is 0 Å². The molecule has 27 heavy (non-hydrogen) atoms. The van der Waals surface area contributed by atoms with Crippen molar-refractivity contribution in [1.82, 2.24) is 0 Å². The first-order valence-corrected chi connectivity index (χ1v) is 10.8. The van der Waals surface area contributed by atoms with Gasteiger partial charge < -0.3 is 14.6 Å². The minimum atomic E-state index is -3.62. The summed E-state index contributed by atoms with van der Waals surface area (Å²) in [7, 11) is -3.62. The molecule has 1 aromatic rings. The number of fused-ring (bicyclic) bond motifs is 2. The van der Waals surface area contributed by atoms with Crippen LogP contribution in [0.5, 0.6) is 0 Å². The molecule has 0 amide bonds. The van der Waals surface area contributed by atoms with Crippen molar-refractivity contribution in [3.63, 3.8) is 0 Å². The van der Waals surface area contributed by atoms with E-state index in [1.165, 1.54) is 0 Å². The van der Waals surface area contributed by atoms with Crippen LogP contribution < -0.4 is 5.11 Å². The molecule has 4 unspecified atom stereocenters. The van der Waals surface area contributed by atoms with Gasteiger partial charge >= 0.3 is 37.7 Å². The number of aliphatic carboxylic acids is 1. The number of allylic oxidation sites excluding steroid dienone is 2. The van der Waals surface area contributed by atoms with Crippen LogP contribution in [0.2, 0.25) is 0 Å². The number of rotatable bonds is 9. The number of unbranched alkanes of at least 4 members (excludes halogenated alkanes) is 1. The molecule has 7 heteroatoms. The summed E-state index contributed by atoms with van der Waals surface area (Å²) < 4.78 is 29.6. The zero-order chi connectivity index (χ0) is 18.6. The number of sulfonamides is 1. The standard InChI is InChI=1S/C20H26NO4S.Ca/c22-19(23)11-7-2-1-6-10-18-15-12-13-16(14-15)20(18)21-26(24,25)17-8-4-3-5-9-17;/h1,3-6,8-9,15-16,18,20H,2,7,10-14H2,(H,22,23);/q-1;+2/p-1/b6-1+;. The summed E-state index contributed by atoms with van der Waals surface area (Å²) in [6.45, 7) is 0. The summed E-state index contributed by atoms with van der Waals surface area (Å²) in [5.41, 5.74) is 0. The van der Waals surface area contributed by atoms with Gasteiger partial charge in [-0.25, -0.2) is 8.42 Å². The zero-order valence-corrected chi connectivity index (χ0v) is 18.5. The van der Waals surface area contributed by atoms with Gasteiger partial charge in [0.25, 0.3) is 0 Å². The quantitative estimate of drug-likeness (QED) is 0.352. The number of carbonyl (C=O) groups is 1. The molecule has 2 fully saturated rings. The van der Waals surface area contributed by atoms with E-state index >= 15 is 0 Å². The van der Waals surface area contributed by atoms with Gasteiger partial charge in [0.05, 0.1) is 0 Å². The number of nitrogens with zero attached hydrogens (tertiary/aromatic N) is 1. The number of benzene rings is 1. The van der Waals surface area contributed by atoms with Gasteiger partial charge in [0.2, 0.25) is 0 Å². The minimum absolute atomic E-state index is 0. The molecule has 0 heterocycles. The Kier molecular flexibility index (Phi) is 8.81. The molecule has 0 aromatic heterocycles. The largest absolute Gasteiger partial charge is 2.00 e. The Labute approximate surface area is 191 Å². The van der Waals surface area contributed by atoms with E-state index in [1.54, 1.807) is 30.3 Å². The van der Waals surface area contributed by atoms with Gasteiger partial charge in [-0.05, 0) is 50.2 Å². The Balaban J connectivity index is 0.00000261. The maximum absolute atomic E-state index is 12.6. The summed E-state index contributed by atoms with van der Waals surface area (Å²) in [5, 5.41) is 10.4. The van der Waals surface area contributed by atoms with E-state index in [9.17, 15) is 18.3 Å². The second kappa shape index (κ2) is 10.4. The monoisotopic (exact) mass is 415 g/mol. The average Bonchev–Trinajstić information content (AvgIpc) is 3.20. The van der Waals surface area contributed by atoms with Gasteiger partial charge in [-0.15, -0.1) is 6.04 Å². The molecule has 2 aliphatic rings. The third-order valence-corrected chi connectivity index (χ3v) is 7.06. The van der Waals surface area contributed by atoms with Crippen molar-refractivity contribution in [3.8, 4) is 0 Å². The van der Waals surface area contributed by atoms with E-state index in [4.69, 9.17) is 0 Å². The fourth-order valence-electron chi connectivity index (χ4n) is 4.43. The van der Waals surface area contributed by atoms with Crippen LogP contribution in [-0.2, 0) is 14.8 Å². The summed E-state index contributed by atoms with van der Waals surface area (Å²) in [4.78, 5) is 10.7. The van der Waals surface area contributed by atoms with E-state index < -0.39 is 16.0 Å². The molecule has 5 nitrogen and oxygen atoms in total. The van der Waals surface area contributed by atoms with Gasteiger partial charge in [-0.1, -0.05) is 55.0 Å². The van der Waals surface area contributed by atoms with Gasteiger partial charge in [0.1, 0.15) is 10.0 Å². The Morgan fingerprint density at radius 3 is 2.56 bits per heavy atom. The molecular weight excluding hydrogens is 390 g/mol. The Morgan fingerprint density at radius 1 is 1.15 bits per heavy atom. The van der Waals surface area contributed by atoms with Crippen LogP contribution in [0.4, 0.5) is 0 Å². The molecule has 142 valence electrons. The summed E-state index contributed by atoms with van der Waals surface area (Å²) in [6, 6.07) is 8.29. The number of carboxylic acid groups (broad SMARTS) is 1. The zero-order valence-electron chi connectivity index (χ0n) is 15.5. The van der Waals surface area contributed by atoms with Crippen LogP contribution in [0.1, 0.15) is 44.9 Å². The molecular formula is C20H25CaNO4S. The van der Waals surface area contributed by atoms with Gasteiger partial charge in [-0.3, -0.25) is 0 Å². The summed E-state index contributed by atoms with van der Waals surface area (Å²) in [6.07, 6.45) is 9.53. The molecule has 4 atom stereocenters. The SMILES string of the molecule is O=C([O-])CCC/C=C/CC1C2CCC(C2)C1[N-]S(=O)(=O)c1ccccc1.[Ca+2]. The molecule has 0 spiro atoms. The summed E-state index contributed by atoms with van der Waals surface area (Å²) >= 11 is 0. The predicted molar refractivity (Wildman–Crippen MR) is 103 cm³/mol. The average molecular weight is 416 g/mol. The van der Waals surface area contributed by atoms with Gasteiger partial charge in [0, 0.05) is 10.9 Å². The normalized spacial score (nSPS) is 27.0. The van der Waals surface area contributed by atoms with Crippen molar-refractivity contribution in [2.75, 3.05) is 0 Å². The Bertz CT molecular complexity index is 751. The van der Waals surface area contributed by atoms with Crippen molar-refractivity contribution in [3.05, 3.63) is 47.2 Å². The maximum atomic E-state index is 12.6. The van der Waals surface area contributed by atoms with Crippen LogP contribution in [0.25, 0.3) is 4.72 Å². The molecule has 0 N–H and O–H groups in total. The van der Waals surface area contributed by atoms with Crippen LogP contribution in [0.3, 0.4) is 0 Å². The molecule has 2 aliphatic carbocycles. The molecule has 1 aromatic carbocycles. The predicted octanol–water partition coefficient (Wildman–Crippen LogP) is 2.65. The van der Waals surface area contributed by atoms with Crippen LogP contribution in [0, 0.1) is 17.8 Å². The first-order valence-electron chi connectivity index (χ1n) is 9.34. The molecule has 0 saturated heterocycles. The summed E-state index contributed by atoms with van der Waals surface area (Å²) in [5.74, 6) is 0.170. The number of carboxylic acids is 1. The van der Waals surface area contributed by atoms with E-state index in [-0.39, 0.29) is 61.0 Å². The van der Waals surface area contributed by atoms with E-state index in [0.717, 1.165) is 25.7 Å². The van der Waals surface area contributed by atoms with Crippen molar-refractivity contribution in [2.24, 2.45) is 17.8 Å². The minimum Gasteiger partial charge on any atom is -0.550 e. The number of carbonyl (C=O) groups excluding carboxylic acids is 1. The van der Waals surface area contributed by atoms with Gasteiger partial charge in [0.15, 0.2) is 0 Å².